The summed E-state index contributed by atoms with van der Waals surface area (Å²) in [5.41, 5.74) is 0.766. The highest BCUT2D eigenvalue weighted by atomic mass is 79.9. The van der Waals surface area contributed by atoms with Gasteiger partial charge in [0.05, 0.1) is 35.9 Å². The van der Waals surface area contributed by atoms with Gasteiger partial charge in [-0.05, 0) is 38.1 Å². The molecule has 28 heavy (non-hydrogen) atoms. The zero-order chi connectivity index (χ0) is 20.3. The van der Waals surface area contributed by atoms with E-state index < -0.39 is 17.7 Å². The van der Waals surface area contributed by atoms with Crippen LogP contribution in [0.4, 0.5) is 5.69 Å². The lowest BCUT2D eigenvalue weighted by molar-refractivity contribution is -0.133. The molecule has 1 atom stereocenters. The topological polar surface area (TPSA) is 111 Å². The highest BCUT2D eigenvalue weighted by molar-refractivity contribution is 9.10. The van der Waals surface area contributed by atoms with Crippen LogP contribution in [0, 0.1) is 0 Å². The van der Waals surface area contributed by atoms with Crippen LogP contribution >= 0.6 is 15.9 Å². The Morgan fingerprint density at radius 3 is 2.71 bits per heavy atom. The lowest BCUT2D eigenvalue weighted by Crippen LogP contribution is -2.20. The number of aromatic carboxylic acids is 1. The molecule has 8 nitrogen and oxygen atoms in total. The monoisotopic (exact) mass is 447 g/mol. The van der Waals surface area contributed by atoms with E-state index in [4.69, 9.17) is 9.47 Å². The van der Waals surface area contributed by atoms with E-state index in [0.717, 1.165) is 0 Å². The molecule has 1 aromatic heterocycles. The molecule has 0 unspecified atom stereocenters. The Bertz CT molecular complexity index is 928. The van der Waals surface area contributed by atoms with E-state index in [-0.39, 0.29) is 23.0 Å². The molecule has 1 fully saturated rings. The van der Waals surface area contributed by atoms with E-state index in [1.807, 2.05) is 19.9 Å². The van der Waals surface area contributed by atoms with Crippen LogP contribution in [0.1, 0.15) is 40.4 Å². The number of halogens is 1. The number of aromatic nitrogens is 2. The summed E-state index contributed by atoms with van der Waals surface area (Å²) in [5.74, 6) is -2.31. The molecule has 2 heterocycles. The molecular weight excluding hydrogens is 430 g/mol. The van der Waals surface area contributed by atoms with Gasteiger partial charge in [0.2, 0.25) is 0 Å². The summed E-state index contributed by atoms with van der Waals surface area (Å²) < 4.78 is 11.7. The zero-order valence-electron chi connectivity index (χ0n) is 15.2. The van der Waals surface area contributed by atoms with Crippen molar-refractivity contribution >= 4 is 39.6 Å². The lowest BCUT2D eigenvalue weighted by Gasteiger charge is -2.15. The third-order valence-corrected chi connectivity index (χ3v) is 4.37. The standard InChI is InChI=1S/C19H18BrN3O5/c1-19(2)27-10-13(28-19)5-4-12-8-22-16(9-21-12)17(24)23-15-6-3-11(20)7-14(15)18(25)26/h3-9,13H,10H2,1-2H3,(H,23,24)(H,25,26)/t13-/m0/s1. The number of carbonyl (C=O) groups excluding carboxylic acids is 1. The first-order valence-corrected chi connectivity index (χ1v) is 9.19. The smallest absolute Gasteiger partial charge is 0.337 e. The second-order valence-corrected chi connectivity index (χ2v) is 7.42. The number of anilines is 1. The van der Waals surface area contributed by atoms with Gasteiger partial charge in [0, 0.05) is 4.47 Å². The number of amides is 1. The predicted molar refractivity (Wildman–Crippen MR) is 105 cm³/mol. The average molecular weight is 448 g/mol. The van der Waals surface area contributed by atoms with E-state index >= 15 is 0 Å². The molecule has 9 heteroatoms. The van der Waals surface area contributed by atoms with Gasteiger partial charge in [0.15, 0.2) is 5.79 Å². The van der Waals surface area contributed by atoms with Crippen molar-refractivity contribution in [3.05, 3.63) is 58.1 Å². The van der Waals surface area contributed by atoms with Crippen LogP contribution in [-0.4, -0.2) is 45.4 Å². The number of nitrogens with one attached hydrogen (secondary N) is 1. The second kappa shape index (κ2) is 8.17. The fraction of sp³-hybridized carbons (Fsp3) is 0.263. The van der Waals surface area contributed by atoms with Crippen LogP contribution < -0.4 is 5.32 Å². The summed E-state index contributed by atoms with van der Waals surface area (Å²) >= 11 is 3.21. The third-order valence-electron chi connectivity index (χ3n) is 3.88. The molecule has 1 saturated heterocycles. The highest BCUT2D eigenvalue weighted by Gasteiger charge is 2.30. The van der Waals surface area contributed by atoms with Crippen molar-refractivity contribution in [1.29, 1.82) is 0 Å². The minimum atomic E-state index is -1.15. The Morgan fingerprint density at radius 1 is 1.32 bits per heavy atom. The number of rotatable bonds is 5. The quantitative estimate of drug-likeness (QED) is 0.722. The summed E-state index contributed by atoms with van der Waals surface area (Å²) in [7, 11) is 0. The van der Waals surface area contributed by atoms with Crippen molar-refractivity contribution in [3.63, 3.8) is 0 Å². The Hall–Kier alpha value is -2.62. The third kappa shape index (κ3) is 5.00. The number of carboxylic acid groups (broad SMARTS) is 1. The van der Waals surface area contributed by atoms with Crippen LogP contribution in [0.2, 0.25) is 0 Å². The maximum absolute atomic E-state index is 12.4. The highest BCUT2D eigenvalue weighted by Crippen LogP contribution is 2.23. The van der Waals surface area contributed by atoms with Gasteiger partial charge in [-0.15, -0.1) is 0 Å². The SMILES string of the molecule is CC1(C)OC[C@H](C=Cc2cnc(C(=O)Nc3ccc(Br)cc3C(=O)O)cn2)O1. The zero-order valence-corrected chi connectivity index (χ0v) is 16.8. The molecule has 2 aromatic rings. The Balaban J connectivity index is 1.67. The molecule has 2 N–H and O–H groups in total. The van der Waals surface area contributed by atoms with Gasteiger partial charge in [0.25, 0.3) is 5.91 Å². The number of hydrogen-bond acceptors (Lipinski definition) is 6. The fourth-order valence-electron chi connectivity index (χ4n) is 2.55. The number of hydrogen-bond donors (Lipinski definition) is 2. The number of carboxylic acids is 1. The van der Waals surface area contributed by atoms with Crippen LogP contribution in [0.25, 0.3) is 6.08 Å². The van der Waals surface area contributed by atoms with E-state index in [1.54, 1.807) is 12.1 Å². The average Bonchev–Trinajstić information content (AvgIpc) is 3.00. The molecule has 0 aliphatic carbocycles. The maximum atomic E-state index is 12.4. The molecular formula is C19H18BrN3O5. The first-order valence-electron chi connectivity index (χ1n) is 8.40. The Kier molecular flexibility index (Phi) is 5.87. The fourth-order valence-corrected chi connectivity index (χ4v) is 2.91. The normalized spacial score (nSPS) is 18.3. The van der Waals surface area contributed by atoms with Gasteiger partial charge < -0.3 is 19.9 Å². The van der Waals surface area contributed by atoms with Gasteiger partial charge in [-0.3, -0.25) is 9.78 Å². The molecule has 0 bridgehead atoms. The number of benzene rings is 1. The molecule has 1 amide bonds. The number of nitrogens with zero attached hydrogens (tertiary/aromatic N) is 2. The van der Waals surface area contributed by atoms with Crippen molar-refractivity contribution in [2.24, 2.45) is 0 Å². The van der Waals surface area contributed by atoms with Gasteiger partial charge in [-0.1, -0.05) is 22.0 Å². The van der Waals surface area contributed by atoms with Crippen molar-refractivity contribution < 1.29 is 24.2 Å². The maximum Gasteiger partial charge on any atom is 0.337 e. The molecule has 146 valence electrons. The van der Waals surface area contributed by atoms with Crippen molar-refractivity contribution in [3.8, 4) is 0 Å². The molecule has 0 radical (unpaired) electrons. The summed E-state index contributed by atoms with van der Waals surface area (Å²) in [5, 5.41) is 11.8. The van der Waals surface area contributed by atoms with E-state index in [9.17, 15) is 14.7 Å². The first kappa shape index (κ1) is 20.1. The van der Waals surface area contributed by atoms with Crippen LogP contribution in [0.15, 0.2) is 41.1 Å². The number of carbonyl (C=O) groups is 2. The van der Waals surface area contributed by atoms with Crippen LogP contribution in [-0.2, 0) is 9.47 Å². The summed E-state index contributed by atoms with van der Waals surface area (Å²) in [6.45, 7) is 4.14. The minimum Gasteiger partial charge on any atom is -0.478 e. The summed E-state index contributed by atoms with van der Waals surface area (Å²) in [6, 6.07) is 4.55. The first-order chi connectivity index (χ1) is 13.2. The molecule has 1 aliphatic rings. The minimum absolute atomic E-state index is 0.0306. The molecule has 1 aromatic carbocycles. The van der Waals surface area contributed by atoms with Crippen molar-refractivity contribution in [1.82, 2.24) is 9.97 Å². The van der Waals surface area contributed by atoms with Crippen LogP contribution in [0.5, 0.6) is 0 Å². The van der Waals surface area contributed by atoms with Gasteiger partial charge in [-0.25, -0.2) is 9.78 Å². The summed E-state index contributed by atoms with van der Waals surface area (Å²) in [4.78, 5) is 31.9. The Morgan fingerprint density at radius 2 is 2.11 bits per heavy atom. The Labute approximate surface area is 169 Å². The molecule has 3 rings (SSSR count). The van der Waals surface area contributed by atoms with Crippen LogP contribution in [0.3, 0.4) is 0 Å². The molecule has 0 spiro atoms. The predicted octanol–water partition coefficient (Wildman–Crippen LogP) is 3.35. The largest absolute Gasteiger partial charge is 0.478 e. The second-order valence-electron chi connectivity index (χ2n) is 6.50. The van der Waals surface area contributed by atoms with E-state index in [0.29, 0.717) is 16.8 Å². The van der Waals surface area contributed by atoms with E-state index in [1.165, 1.54) is 24.5 Å². The van der Waals surface area contributed by atoms with Crippen molar-refractivity contribution in [2.45, 2.75) is 25.7 Å². The van der Waals surface area contributed by atoms with Crippen molar-refractivity contribution in [2.75, 3.05) is 11.9 Å². The van der Waals surface area contributed by atoms with Gasteiger partial charge in [-0.2, -0.15) is 0 Å². The molecule has 1 aliphatic heterocycles. The van der Waals surface area contributed by atoms with E-state index in [2.05, 4.69) is 31.2 Å². The van der Waals surface area contributed by atoms with Gasteiger partial charge in [0.1, 0.15) is 11.8 Å². The van der Waals surface area contributed by atoms with Gasteiger partial charge >= 0.3 is 5.97 Å². The lowest BCUT2D eigenvalue weighted by atomic mass is 10.2. The number of ether oxygens (including phenoxy) is 2. The molecule has 0 saturated carbocycles. The summed E-state index contributed by atoms with van der Waals surface area (Å²) in [6.07, 6.45) is 6.16.